The van der Waals surface area contributed by atoms with Crippen LogP contribution in [-0.4, -0.2) is 116 Å². The Balaban J connectivity index is 1.33. The Kier molecular flexibility index (Phi) is 14.7. The zero-order chi connectivity index (χ0) is 39.5. The Morgan fingerprint density at radius 1 is 0.945 bits per heavy atom. The van der Waals surface area contributed by atoms with Crippen LogP contribution < -0.4 is 26.6 Å². The largest absolute Gasteiger partial charge is 0.361 e. The van der Waals surface area contributed by atoms with Gasteiger partial charge >= 0.3 is 0 Å². The molecule has 5 amide bonds. The molecule has 2 aromatic rings. The summed E-state index contributed by atoms with van der Waals surface area (Å²) < 4.78 is 0. The van der Waals surface area contributed by atoms with Crippen molar-refractivity contribution >= 4 is 41.0 Å². The molecule has 1 saturated heterocycles. The van der Waals surface area contributed by atoms with E-state index in [9.17, 15) is 33.9 Å². The number of ketones is 1. The minimum absolute atomic E-state index is 0.0276. The Bertz CT molecular complexity index is 1640. The number of amides is 5. The first-order valence-electron chi connectivity index (χ1n) is 19.5. The molecule has 2 saturated carbocycles. The van der Waals surface area contributed by atoms with Crippen LogP contribution in [0.1, 0.15) is 89.0 Å². The second-order valence-corrected chi connectivity index (χ2v) is 15.0. The van der Waals surface area contributed by atoms with Gasteiger partial charge in [-0.25, -0.2) is 4.98 Å². The summed E-state index contributed by atoms with van der Waals surface area (Å²) in [5.41, 5.74) is 0.719. The van der Waals surface area contributed by atoms with Crippen molar-refractivity contribution in [1.82, 2.24) is 41.0 Å². The van der Waals surface area contributed by atoms with Crippen molar-refractivity contribution in [2.24, 2.45) is 11.8 Å². The summed E-state index contributed by atoms with van der Waals surface area (Å²) >= 11 is 0. The Hall–Kier alpha value is -4.96. The second-order valence-electron chi connectivity index (χ2n) is 15.0. The summed E-state index contributed by atoms with van der Waals surface area (Å²) in [7, 11) is 0. The van der Waals surface area contributed by atoms with Crippen molar-refractivity contribution in [3.05, 3.63) is 54.6 Å². The maximum Gasteiger partial charge on any atom is 0.289 e. The van der Waals surface area contributed by atoms with Gasteiger partial charge in [0.15, 0.2) is 6.35 Å². The van der Waals surface area contributed by atoms with Gasteiger partial charge in [-0.3, -0.25) is 38.7 Å². The molecule has 16 nitrogen and oxygen atoms in total. The van der Waals surface area contributed by atoms with Crippen molar-refractivity contribution in [3.8, 4) is 0 Å². The molecule has 3 unspecified atom stereocenters. The predicted octanol–water partition coefficient (Wildman–Crippen LogP) is 1.33. The van der Waals surface area contributed by atoms with Crippen LogP contribution in [0.2, 0.25) is 0 Å². The number of carbonyl (C=O) groups excluding carboxylic acids is 6. The van der Waals surface area contributed by atoms with Crippen LogP contribution in [0.25, 0.3) is 0 Å². The first-order chi connectivity index (χ1) is 26.5. The number of nitrogens with one attached hydrogen (secondary N) is 5. The number of anilines is 1. The van der Waals surface area contributed by atoms with E-state index in [1.165, 1.54) is 23.5 Å². The summed E-state index contributed by atoms with van der Waals surface area (Å²) in [6, 6.07) is 5.85. The Morgan fingerprint density at radius 2 is 1.67 bits per heavy atom. The molecule has 1 aromatic heterocycles. The third-order valence-corrected chi connectivity index (χ3v) is 10.5. The molecule has 16 heteroatoms. The predicted molar refractivity (Wildman–Crippen MR) is 203 cm³/mol. The van der Waals surface area contributed by atoms with E-state index in [-0.39, 0.29) is 37.2 Å². The minimum Gasteiger partial charge on any atom is -0.361 e. The van der Waals surface area contributed by atoms with Gasteiger partial charge in [0.2, 0.25) is 23.5 Å². The maximum atomic E-state index is 14.2. The van der Waals surface area contributed by atoms with Crippen LogP contribution in [0.5, 0.6) is 0 Å². The number of aliphatic hydroxyl groups excluding tert-OH is 1. The number of para-hydroxylation sites is 1. The van der Waals surface area contributed by atoms with E-state index in [0.29, 0.717) is 12.1 Å². The lowest BCUT2D eigenvalue weighted by molar-refractivity contribution is -0.141. The third kappa shape index (κ3) is 11.3. The van der Waals surface area contributed by atoms with Crippen LogP contribution in [-0.2, 0) is 24.0 Å². The zero-order valence-corrected chi connectivity index (χ0v) is 31.9. The van der Waals surface area contributed by atoms with Crippen molar-refractivity contribution in [3.63, 3.8) is 0 Å². The smallest absolute Gasteiger partial charge is 0.289 e. The molecule has 55 heavy (non-hydrogen) atoms. The topological polar surface area (TPSA) is 215 Å². The first kappa shape index (κ1) is 41.2. The number of hydrogen-bond acceptors (Lipinski definition) is 11. The summed E-state index contributed by atoms with van der Waals surface area (Å²) in [6.07, 6.45) is 9.68. The van der Waals surface area contributed by atoms with E-state index in [4.69, 9.17) is 0 Å². The lowest BCUT2D eigenvalue weighted by Gasteiger charge is -2.36. The fraction of sp³-hybridized carbons (Fsp3) is 0.590. The number of rotatable bonds is 18. The molecule has 5 atom stereocenters. The van der Waals surface area contributed by atoms with Crippen molar-refractivity contribution in [2.45, 2.75) is 115 Å². The molecule has 298 valence electrons. The minimum atomic E-state index is -1.22. The zero-order valence-electron chi connectivity index (χ0n) is 31.9. The van der Waals surface area contributed by atoms with Gasteiger partial charge in [0.1, 0.15) is 11.7 Å². The quantitative estimate of drug-likeness (QED) is 0.0942. The summed E-state index contributed by atoms with van der Waals surface area (Å²) in [4.78, 5) is 92.2. The van der Waals surface area contributed by atoms with Crippen LogP contribution in [0.15, 0.2) is 48.9 Å². The standard InChI is InChI=1S/C39H55N9O7/c1-4-11-29(34(50)38(54)43-27-16-17-27)45-35(51)28-22-47(39(55)44-26-14-9-6-10-15-26)23-31(28)48(24(2)3)32(49)21-42-37(53)33(25-12-7-5-8-13-25)46-36(52)30-20-40-18-19-41-30/h6,9-10,14-15,18-20,24-25,27-29,31,33,39,44,55H,4-5,7-8,11-13,16-17,21-23H2,1-3H3,(H,42,53)(H,43,54)(H,45,51)(H,46,52)/t28?,29?,31-,33-,39?/m0/s1. The molecule has 0 radical (unpaired) electrons. The molecule has 2 heterocycles. The lowest BCUT2D eigenvalue weighted by Crippen LogP contribution is -2.57. The van der Waals surface area contributed by atoms with E-state index >= 15 is 0 Å². The van der Waals surface area contributed by atoms with E-state index in [0.717, 1.165) is 44.9 Å². The molecular weight excluding hydrogens is 706 g/mol. The van der Waals surface area contributed by atoms with Gasteiger partial charge in [-0.1, -0.05) is 50.8 Å². The molecule has 5 rings (SSSR count). The number of hydrogen-bond donors (Lipinski definition) is 6. The summed E-state index contributed by atoms with van der Waals surface area (Å²) in [5.74, 6) is -4.54. The molecule has 0 bridgehead atoms. The van der Waals surface area contributed by atoms with Crippen LogP contribution in [0.4, 0.5) is 5.69 Å². The first-order valence-corrected chi connectivity index (χ1v) is 19.5. The highest BCUT2D eigenvalue weighted by molar-refractivity contribution is 6.38. The molecule has 3 fully saturated rings. The monoisotopic (exact) mass is 761 g/mol. The van der Waals surface area contributed by atoms with Crippen molar-refractivity contribution in [1.29, 1.82) is 0 Å². The SMILES string of the molecule is CCCC(NC(=O)C1CN(C(O)Nc2ccccc2)C[C@@H]1N(C(=O)CNC(=O)[C@@H](NC(=O)c1cnccn1)C1CCCCC1)C(C)C)C(=O)C(=O)NC1CC1. The fourth-order valence-electron chi connectivity index (χ4n) is 7.53. The lowest BCUT2D eigenvalue weighted by atomic mass is 9.83. The number of benzene rings is 1. The van der Waals surface area contributed by atoms with Crippen LogP contribution in [0.3, 0.4) is 0 Å². The fourth-order valence-corrected chi connectivity index (χ4v) is 7.53. The maximum absolute atomic E-state index is 14.2. The number of likely N-dealkylation sites (tertiary alicyclic amines) is 1. The summed E-state index contributed by atoms with van der Waals surface area (Å²) in [5, 5.41) is 25.4. The van der Waals surface area contributed by atoms with Gasteiger partial charge in [0.05, 0.1) is 30.7 Å². The van der Waals surface area contributed by atoms with E-state index < -0.39 is 78.3 Å². The Labute approximate surface area is 322 Å². The van der Waals surface area contributed by atoms with E-state index in [1.54, 1.807) is 30.9 Å². The average Bonchev–Trinajstić information content (AvgIpc) is 3.90. The van der Waals surface area contributed by atoms with Gasteiger partial charge in [-0.05, 0) is 64.0 Å². The number of Topliss-reactive ketones (excluding diaryl/α,β-unsaturated/α-hetero) is 1. The molecule has 1 aliphatic heterocycles. The highest BCUT2D eigenvalue weighted by atomic mass is 16.3. The second kappa shape index (κ2) is 19.6. The van der Waals surface area contributed by atoms with Crippen molar-refractivity contribution < 1.29 is 33.9 Å². The molecule has 2 aliphatic carbocycles. The number of aromatic nitrogens is 2. The molecular formula is C39H55N9O7. The molecule has 3 aliphatic rings. The van der Waals surface area contributed by atoms with Crippen molar-refractivity contribution in [2.75, 3.05) is 25.0 Å². The van der Waals surface area contributed by atoms with E-state index in [2.05, 4.69) is 36.6 Å². The normalized spacial score (nSPS) is 20.5. The van der Waals surface area contributed by atoms with Gasteiger partial charge in [-0.2, -0.15) is 0 Å². The van der Waals surface area contributed by atoms with Gasteiger partial charge in [0.25, 0.3) is 11.8 Å². The third-order valence-electron chi connectivity index (χ3n) is 10.5. The van der Waals surface area contributed by atoms with Gasteiger partial charge < -0.3 is 36.6 Å². The highest BCUT2D eigenvalue weighted by Gasteiger charge is 2.46. The van der Waals surface area contributed by atoms with Gasteiger partial charge in [-0.15, -0.1) is 0 Å². The summed E-state index contributed by atoms with van der Waals surface area (Å²) in [6.45, 7) is 5.16. The van der Waals surface area contributed by atoms with Crippen LogP contribution >= 0.6 is 0 Å². The molecule has 6 N–H and O–H groups in total. The van der Waals surface area contributed by atoms with E-state index in [1.807, 2.05) is 25.1 Å². The molecule has 1 aromatic carbocycles. The highest BCUT2D eigenvalue weighted by Crippen LogP contribution is 2.29. The number of carbonyl (C=O) groups is 6. The van der Waals surface area contributed by atoms with Gasteiger partial charge in [0, 0.05) is 43.3 Å². The average molecular weight is 762 g/mol. The number of nitrogens with zero attached hydrogens (tertiary/aromatic N) is 4. The molecule has 0 spiro atoms. The Morgan fingerprint density at radius 3 is 2.31 bits per heavy atom. The van der Waals surface area contributed by atoms with Crippen LogP contribution in [0, 0.1) is 11.8 Å². The number of aliphatic hydroxyl groups is 1.